The van der Waals surface area contributed by atoms with E-state index in [9.17, 15) is 15.4 Å². The summed E-state index contributed by atoms with van der Waals surface area (Å²) >= 11 is 0. The van der Waals surface area contributed by atoms with Gasteiger partial charge in [-0.3, -0.25) is 10.1 Å². The summed E-state index contributed by atoms with van der Waals surface area (Å²) in [5.74, 6) is 1.28. The number of benzene rings is 1. The predicted octanol–water partition coefficient (Wildman–Crippen LogP) is 2.78. The molecule has 128 valence electrons. The first-order valence-electron chi connectivity index (χ1n) is 8.50. The molecule has 1 aliphatic carbocycles. The van der Waals surface area contributed by atoms with Gasteiger partial charge in [0, 0.05) is 37.2 Å². The first kappa shape index (κ1) is 15.6. The molecule has 25 heavy (non-hydrogen) atoms. The number of hydrogen-bond acceptors (Lipinski definition) is 6. The molecule has 2 aromatic rings. The maximum atomic E-state index is 10.9. The zero-order chi connectivity index (χ0) is 17.4. The Morgan fingerprint density at radius 3 is 2.88 bits per heavy atom. The average Bonchev–Trinajstić information content (AvgIpc) is 3.37. The highest BCUT2D eigenvalue weighted by atomic mass is 16.6. The van der Waals surface area contributed by atoms with E-state index in [1.54, 1.807) is 6.07 Å². The molecule has 0 amide bonds. The Kier molecular flexibility index (Phi) is 3.84. The number of nitro benzene ring substituents is 1. The van der Waals surface area contributed by atoms with Crippen LogP contribution in [0.1, 0.15) is 49.0 Å². The molecule has 0 N–H and O–H groups in total. The van der Waals surface area contributed by atoms with Crippen LogP contribution in [0.5, 0.6) is 0 Å². The normalized spacial score (nSPS) is 20.3. The van der Waals surface area contributed by atoms with Gasteiger partial charge in [-0.1, -0.05) is 0 Å². The summed E-state index contributed by atoms with van der Waals surface area (Å²) in [4.78, 5) is 12.6. The molecule has 4 rings (SSSR count). The molecule has 0 radical (unpaired) electrons. The molecular formula is C17H18N6O2. The molecule has 1 aromatic heterocycles. The summed E-state index contributed by atoms with van der Waals surface area (Å²) < 4.78 is 2.19. The minimum absolute atomic E-state index is 0.0534. The molecular weight excluding hydrogens is 320 g/mol. The number of rotatable bonds is 4. The number of nitrogens with zero attached hydrogens (tertiary/aromatic N) is 6. The zero-order valence-electron chi connectivity index (χ0n) is 13.7. The molecule has 1 saturated carbocycles. The van der Waals surface area contributed by atoms with Gasteiger partial charge in [0.1, 0.15) is 18.2 Å². The molecule has 1 unspecified atom stereocenters. The second-order valence-electron chi connectivity index (χ2n) is 6.68. The monoisotopic (exact) mass is 338 g/mol. The van der Waals surface area contributed by atoms with Gasteiger partial charge in [-0.25, -0.2) is 0 Å². The number of nitriles is 1. The fourth-order valence-electron chi connectivity index (χ4n) is 3.59. The number of hydrogen-bond donors (Lipinski definition) is 0. The van der Waals surface area contributed by atoms with Crippen molar-refractivity contribution in [2.24, 2.45) is 0 Å². The highest BCUT2D eigenvalue weighted by molar-refractivity contribution is 5.63. The zero-order valence-corrected chi connectivity index (χ0v) is 13.7. The van der Waals surface area contributed by atoms with E-state index < -0.39 is 4.92 Å². The van der Waals surface area contributed by atoms with E-state index in [1.165, 1.54) is 25.0 Å². The van der Waals surface area contributed by atoms with Gasteiger partial charge < -0.3 is 9.47 Å². The molecule has 8 nitrogen and oxygen atoms in total. The standard InChI is InChI=1S/C17H18N6O2/c18-9-13-8-15(23(24)25)5-6-16(13)21-7-1-2-12(10-21)17-20-19-11-22(17)14-3-4-14/h5-6,8,11-12,14H,1-4,7,10H2. The van der Waals surface area contributed by atoms with E-state index in [0.29, 0.717) is 11.6 Å². The minimum Gasteiger partial charge on any atom is -0.370 e. The number of non-ortho nitro benzene ring substituents is 1. The summed E-state index contributed by atoms with van der Waals surface area (Å²) in [6.45, 7) is 1.58. The van der Waals surface area contributed by atoms with E-state index in [-0.39, 0.29) is 11.6 Å². The van der Waals surface area contributed by atoms with Gasteiger partial charge in [-0.05, 0) is 31.7 Å². The van der Waals surface area contributed by atoms with Crippen molar-refractivity contribution >= 4 is 11.4 Å². The third-order valence-corrected chi connectivity index (χ3v) is 4.98. The Hall–Kier alpha value is -2.95. The van der Waals surface area contributed by atoms with E-state index >= 15 is 0 Å². The van der Waals surface area contributed by atoms with Crippen LogP contribution in [0.25, 0.3) is 0 Å². The van der Waals surface area contributed by atoms with Gasteiger partial charge >= 0.3 is 0 Å². The first-order chi connectivity index (χ1) is 12.2. The molecule has 2 aliphatic rings. The first-order valence-corrected chi connectivity index (χ1v) is 8.50. The quantitative estimate of drug-likeness (QED) is 0.627. The number of nitro groups is 1. The Morgan fingerprint density at radius 2 is 2.16 bits per heavy atom. The van der Waals surface area contributed by atoms with Crippen molar-refractivity contribution in [3.63, 3.8) is 0 Å². The van der Waals surface area contributed by atoms with Gasteiger partial charge in [0.25, 0.3) is 5.69 Å². The lowest BCUT2D eigenvalue weighted by Gasteiger charge is -2.34. The smallest absolute Gasteiger partial charge is 0.270 e. The van der Waals surface area contributed by atoms with Crippen LogP contribution in [0.4, 0.5) is 11.4 Å². The van der Waals surface area contributed by atoms with Crippen LogP contribution in [0.2, 0.25) is 0 Å². The molecule has 1 saturated heterocycles. The molecule has 2 heterocycles. The van der Waals surface area contributed by atoms with Crippen LogP contribution >= 0.6 is 0 Å². The van der Waals surface area contributed by atoms with Gasteiger partial charge in [0.05, 0.1) is 16.2 Å². The summed E-state index contributed by atoms with van der Waals surface area (Å²) in [6, 6.07) is 7.14. The van der Waals surface area contributed by atoms with Crippen molar-refractivity contribution in [2.75, 3.05) is 18.0 Å². The summed E-state index contributed by atoms with van der Waals surface area (Å²) in [6.07, 6.45) is 6.21. The summed E-state index contributed by atoms with van der Waals surface area (Å²) in [5, 5.41) is 28.8. The number of piperidine rings is 1. The molecule has 2 fully saturated rings. The fraction of sp³-hybridized carbons (Fsp3) is 0.471. The largest absolute Gasteiger partial charge is 0.370 e. The highest BCUT2D eigenvalue weighted by Crippen LogP contribution is 2.39. The van der Waals surface area contributed by atoms with Crippen LogP contribution in [-0.4, -0.2) is 32.8 Å². The van der Waals surface area contributed by atoms with Crippen molar-refractivity contribution in [1.29, 1.82) is 5.26 Å². The van der Waals surface area contributed by atoms with Crippen LogP contribution in [0, 0.1) is 21.4 Å². The average molecular weight is 338 g/mol. The maximum Gasteiger partial charge on any atom is 0.270 e. The SMILES string of the molecule is N#Cc1cc([N+](=O)[O-])ccc1N1CCCC(c2nncn2C2CC2)C1. The lowest BCUT2D eigenvalue weighted by Crippen LogP contribution is -2.35. The van der Waals surface area contributed by atoms with Crippen LogP contribution in [0.15, 0.2) is 24.5 Å². The third-order valence-electron chi connectivity index (χ3n) is 4.98. The second kappa shape index (κ2) is 6.16. The Labute approximate surface area is 144 Å². The molecule has 0 spiro atoms. The molecule has 1 aromatic carbocycles. The third kappa shape index (κ3) is 2.93. The van der Waals surface area contributed by atoms with E-state index in [4.69, 9.17) is 0 Å². The van der Waals surface area contributed by atoms with Gasteiger partial charge in [-0.15, -0.1) is 10.2 Å². The Morgan fingerprint density at radius 1 is 1.32 bits per heavy atom. The maximum absolute atomic E-state index is 10.9. The van der Waals surface area contributed by atoms with Crippen molar-refractivity contribution in [3.05, 3.63) is 46.0 Å². The van der Waals surface area contributed by atoms with Crippen molar-refractivity contribution in [1.82, 2.24) is 14.8 Å². The Bertz CT molecular complexity index is 851. The van der Waals surface area contributed by atoms with Crippen LogP contribution in [-0.2, 0) is 0 Å². The van der Waals surface area contributed by atoms with Crippen molar-refractivity contribution < 1.29 is 4.92 Å². The lowest BCUT2D eigenvalue weighted by atomic mass is 9.96. The van der Waals surface area contributed by atoms with Crippen LogP contribution in [0.3, 0.4) is 0 Å². The van der Waals surface area contributed by atoms with Gasteiger partial charge in [-0.2, -0.15) is 5.26 Å². The van der Waals surface area contributed by atoms with E-state index in [1.807, 2.05) is 6.33 Å². The fourth-order valence-corrected chi connectivity index (χ4v) is 3.59. The predicted molar refractivity (Wildman–Crippen MR) is 90.3 cm³/mol. The van der Waals surface area contributed by atoms with Crippen LogP contribution < -0.4 is 4.90 Å². The minimum atomic E-state index is -0.470. The van der Waals surface area contributed by atoms with Gasteiger partial charge in [0.15, 0.2) is 0 Å². The van der Waals surface area contributed by atoms with Gasteiger partial charge in [0.2, 0.25) is 0 Å². The summed E-state index contributed by atoms with van der Waals surface area (Å²) in [7, 11) is 0. The highest BCUT2D eigenvalue weighted by Gasteiger charge is 2.32. The van der Waals surface area contributed by atoms with Crippen molar-refractivity contribution in [3.8, 4) is 6.07 Å². The number of aromatic nitrogens is 3. The lowest BCUT2D eigenvalue weighted by molar-refractivity contribution is -0.384. The molecule has 0 bridgehead atoms. The van der Waals surface area contributed by atoms with Crippen molar-refractivity contribution in [2.45, 2.75) is 37.6 Å². The molecule has 8 heteroatoms. The molecule has 1 aliphatic heterocycles. The Balaban J connectivity index is 1.60. The summed E-state index contributed by atoms with van der Waals surface area (Å²) in [5.41, 5.74) is 1.05. The van der Waals surface area contributed by atoms with E-state index in [2.05, 4.69) is 25.7 Å². The topological polar surface area (TPSA) is 101 Å². The van der Waals surface area contributed by atoms with E-state index in [0.717, 1.165) is 37.4 Å². The second-order valence-corrected chi connectivity index (χ2v) is 6.68. The molecule has 1 atom stereocenters. The number of anilines is 1.